The van der Waals surface area contributed by atoms with Crippen LogP contribution < -0.4 is 5.73 Å². The van der Waals surface area contributed by atoms with E-state index in [9.17, 15) is 4.79 Å². The number of rotatable bonds is 2. The predicted molar refractivity (Wildman–Crippen MR) is 81.7 cm³/mol. The maximum atomic E-state index is 12.6. The molecule has 2 fully saturated rings. The highest BCUT2D eigenvalue weighted by Gasteiger charge is 2.31. The van der Waals surface area contributed by atoms with Crippen LogP contribution >= 0.6 is 0 Å². The molecule has 2 heterocycles. The zero-order valence-electron chi connectivity index (χ0n) is 12.9. The third-order valence-corrected chi connectivity index (χ3v) is 5.15. The number of amides is 1. The molecule has 1 aromatic heterocycles. The van der Waals surface area contributed by atoms with Gasteiger partial charge in [-0.2, -0.15) is 5.10 Å². The summed E-state index contributed by atoms with van der Waals surface area (Å²) in [5.74, 6) is 1.05. The van der Waals surface area contributed by atoms with E-state index in [1.807, 2.05) is 17.9 Å². The van der Waals surface area contributed by atoms with Gasteiger partial charge >= 0.3 is 0 Å². The van der Waals surface area contributed by atoms with Crippen LogP contribution in [0.4, 0.5) is 0 Å². The van der Waals surface area contributed by atoms with Crippen molar-refractivity contribution >= 4 is 5.91 Å². The second kappa shape index (κ2) is 6.18. The molecule has 5 heteroatoms. The maximum absolute atomic E-state index is 12.6. The van der Waals surface area contributed by atoms with Gasteiger partial charge in [0.25, 0.3) is 0 Å². The SMILES string of the molecule is Cn1nccc1C1CCN(C(=O)C2CCCC(N)C2)CC1. The fourth-order valence-corrected chi connectivity index (χ4v) is 3.89. The standard InChI is InChI=1S/C16H26N4O/c1-19-15(5-8-18-19)12-6-9-20(10-7-12)16(21)13-3-2-4-14(17)11-13/h5,8,12-14H,2-4,6-7,9-11,17H2,1H3. The largest absolute Gasteiger partial charge is 0.342 e. The minimum absolute atomic E-state index is 0.169. The Morgan fingerprint density at radius 2 is 2.05 bits per heavy atom. The number of hydrogen-bond donors (Lipinski definition) is 1. The van der Waals surface area contributed by atoms with Gasteiger partial charge in [0.05, 0.1) is 0 Å². The van der Waals surface area contributed by atoms with Crippen molar-refractivity contribution in [2.75, 3.05) is 13.1 Å². The zero-order valence-corrected chi connectivity index (χ0v) is 12.9. The lowest BCUT2D eigenvalue weighted by Crippen LogP contribution is -2.44. The van der Waals surface area contributed by atoms with Crippen molar-refractivity contribution in [1.29, 1.82) is 0 Å². The second-order valence-electron chi connectivity index (χ2n) is 6.60. The van der Waals surface area contributed by atoms with Gasteiger partial charge in [0.15, 0.2) is 0 Å². The number of piperidine rings is 1. The van der Waals surface area contributed by atoms with Crippen molar-refractivity contribution in [1.82, 2.24) is 14.7 Å². The average molecular weight is 290 g/mol. The van der Waals surface area contributed by atoms with E-state index in [0.29, 0.717) is 11.8 Å². The molecule has 1 aromatic rings. The van der Waals surface area contributed by atoms with Gasteiger partial charge in [-0.05, 0) is 38.2 Å². The number of likely N-dealkylation sites (tertiary alicyclic amines) is 1. The van der Waals surface area contributed by atoms with Gasteiger partial charge in [-0.15, -0.1) is 0 Å². The molecule has 0 radical (unpaired) electrons. The molecule has 0 spiro atoms. The van der Waals surface area contributed by atoms with E-state index in [-0.39, 0.29) is 12.0 Å². The van der Waals surface area contributed by atoms with Crippen LogP contribution in [-0.4, -0.2) is 39.7 Å². The molecule has 0 aromatic carbocycles. The van der Waals surface area contributed by atoms with Crippen LogP contribution in [0, 0.1) is 5.92 Å². The summed E-state index contributed by atoms with van der Waals surface area (Å²) in [6.45, 7) is 1.75. The quantitative estimate of drug-likeness (QED) is 0.900. The summed E-state index contributed by atoms with van der Waals surface area (Å²) in [5.41, 5.74) is 7.31. The Balaban J connectivity index is 1.55. The van der Waals surface area contributed by atoms with Gasteiger partial charge < -0.3 is 10.6 Å². The van der Waals surface area contributed by atoms with Crippen molar-refractivity contribution < 1.29 is 4.79 Å². The van der Waals surface area contributed by atoms with E-state index in [4.69, 9.17) is 5.73 Å². The van der Waals surface area contributed by atoms with Crippen molar-refractivity contribution in [2.45, 2.75) is 50.5 Å². The van der Waals surface area contributed by atoms with Crippen molar-refractivity contribution in [3.05, 3.63) is 18.0 Å². The van der Waals surface area contributed by atoms with Crippen LogP contribution in [0.25, 0.3) is 0 Å². The molecule has 1 aliphatic carbocycles. The fourth-order valence-electron chi connectivity index (χ4n) is 3.89. The Morgan fingerprint density at radius 1 is 1.29 bits per heavy atom. The molecule has 1 saturated heterocycles. The molecule has 3 rings (SSSR count). The van der Waals surface area contributed by atoms with Crippen LogP contribution in [0.1, 0.15) is 50.1 Å². The molecule has 5 nitrogen and oxygen atoms in total. The van der Waals surface area contributed by atoms with E-state index in [0.717, 1.165) is 51.6 Å². The van der Waals surface area contributed by atoms with Gasteiger partial charge in [-0.25, -0.2) is 0 Å². The first-order valence-corrected chi connectivity index (χ1v) is 8.17. The smallest absolute Gasteiger partial charge is 0.225 e. The number of carbonyl (C=O) groups is 1. The summed E-state index contributed by atoms with van der Waals surface area (Å²) in [7, 11) is 2.00. The summed E-state index contributed by atoms with van der Waals surface area (Å²) < 4.78 is 1.96. The molecule has 116 valence electrons. The van der Waals surface area contributed by atoms with Crippen molar-refractivity contribution in [3.63, 3.8) is 0 Å². The topological polar surface area (TPSA) is 64.2 Å². The molecule has 1 saturated carbocycles. The third kappa shape index (κ3) is 3.12. The van der Waals surface area contributed by atoms with Gasteiger partial charge in [0.1, 0.15) is 0 Å². The predicted octanol–water partition coefficient (Wildman–Crippen LogP) is 1.64. The van der Waals surface area contributed by atoms with Gasteiger partial charge in [-0.1, -0.05) is 6.42 Å². The lowest BCUT2D eigenvalue weighted by molar-refractivity contribution is -0.137. The molecule has 2 atom stereocenters. The summed E-state index contributed by atoms with van der Waals surface area (Å²) in [6, 6.07) is 2.32. The number of aromatic nitrogens is 2. The summed E-state index contributed by atoms with van der Waals surface area (Å²) in [6.07, 6.45) is 8.02. The number of aryl methyl sites for hydroxylation is 1. The highest BCUT2D eigenvalue weighted by atomic mass is 16.2. The number of carbonyl (C=O) groups excluding carboxylic acids is 1. The summed E-state index contributed by atoms with van der Waals surface area (Å²) >= 11 is 0. The van der Waals surface area contributed by atoms with Crippen molar-refractivity contribution in [2.24, 2.45) is 18.7 Å². The zero-order chi connectivity index (χ0) is 14.8. The first kappa shape index (κ1) is 14.6. The Morgan fingerprint density at radius 3 is 2.67 bits per heavy atom. The van der Waals surface area contributed by atoms with E-state index < -0.39 is 0 Å². The Bertz CT molecular complexity index is 490. The van der Waals surface area contributed by atoms with Crippen molar-refractivity contribution in [3.8, 4) is 0 Å². The average Bonchev–Trinajstić information content (AvgIpc) is 2.93. The second-order valence-corrected chi connectivity index (χ2v) is 6.60. The lowest BCUT2D eigenvalue weighted by Gasteiger charge is -2.36. The first-order valence-electron chi connectivity index (χ1n) is 8.17. The minimum atomic E-state index is 0.169. The summed E-state index contributed by atoms with van der Waals surface area (Å²) in [4.78, 5) is 14.7. The van der Waals surface area contributed by atoms with Gasteiger partial charge in [0, 0.05) is 49.9 Å². The Labute approximate surface area is 126 Å². The highest BCUT2D eigenvalue weighted by molar-refractivity contribution is 5.79. The fraction of sp³-hybridized carbons (Fsp3) is 0.750. The minimum Gasteiger partial charge on any atom is -0.342 e. The molecule has 21 heavy (non-hydrogen) atoms. The monoisotopic (exact) mass is 290 g/mol. The third-order valence-electron chi connectivity index (χ3n) is 5.15. The Hall–Kier alpha value is -1.36. The number of nitrogens with zero attached hydrogens (tertiary/aromatic N) is 3. The van der Waals surface area contributed by atoms with Crippen LogP contribution in [0.3, 0.4) is 0 Å². The molecule has 1 amide bonds. The molecule has 2 aliphatic rings. The van der Waals surface area contributed by atoms with E-state index in [1.165, 1.54) is 5.69 Å². The van der Waals surface area contributed by atoms with Crippen LogP contribution in [0.5, 0.6) is 0 Å². The summed E-state index contributed by atoms with van der Waals surface area (Å²) in [5, 5.41) is 4.25. The molecule has 0 bridgehead atoms. The van der Waals surface area contributed by atoms with Crippen LogP contribution in [0.15, 0.2) is 12.3 Å². The van der Waals surface area contributed by atoms with Crippen LogP contribution in [0.2, 0.25) is 0 Å². The van der Waals surface area contributed by atoms with Gasteiger partial charge in [0.2, 0.25) is 5.91 Å². The molecule has 1 aliphatic heterocycles. The molecule has 2 N–H and O–H groups in total. The van der Waals surface area contributed by atoms with E-state index in [1.54, 1.807) is 0 Å². The first-order chi connectivity index (χ1) is 10.1. The van der Waals surface area contributed by atoms with Gasteiger partial charge in [-0.3, -0.25) is 9.48 Å². The normalized spacial score (nSPS) is 27.8. The lowest BCUT2D eigenvalue weighted by atomic mass is 9.84. The van der Waals surface area contributed by atoms with E-state index >= 15 is 0 Å². The molecule has 2 unspecified atom stereocenters. The Kier molecular flexibility index (Phi) is 4.29. The number of hydrogen-bond acceptors (Lipinski definition) is 3. The number of nitrogens with two attached hydrogens (primary N) is 1. The highest BCUT2D eigenvalue weighted by Crippen LogP contribution is 2.30. The molecular weight excluding hydrogens is 264 g/mol. The van der Waals surface area contributed by atoms with E-state index in [2.05, 4.69) is 16.1 Å². The maximum Gasteiger partial charge on any atom is 0.225 e. The molecular formula is C16H26N4O. The van der Waals surface area contributed by atoms with Crippen LogP contribution in [-0.2, 0) is 11.8 Å².